The molecule has 14 heavy (non-hydrogen) atoms. The van der Waals surface area contributed by atoms with Crippen LogP contribution < -0.4 is 5.73 Å². The van der Waals surface area contributed by atoms with Gasteiger partial charge in [-0.15, -0.1) is 0 Å². The minimum absolute atomic E-state index is 0.0362. The highest BCUT2D eigenvalue weighted by Gasteiger charge is 2.26. The Morgan fingerprint density at radius 1 is 1.50 bits per heavy atom. The fraction of sp³-hybridized carbons (Fsp3) is 0.909. The average molecular weight is 201 g/mol. The molecule has 0 saturated heterocycles. The largest absolute Gasteiger partial charge is 0.480 e. The Morgan fingerprint density at radius 2 is 2.00 bits per heavy atom. The minimum Gasteiger partial charge on any atom is -0.480 e. The van der Waals surface area contributed by atoms with Gasteiger partial charge in [0.05, 0.1) is 0 Å². The van der Waals surface area contributed by atoms with Gasteiger partial charge in [-0.25, -0.2) is 0 Å². The van der Waals surface area contributed by atoms with Gasteiger partial charge in [0.2, 0.25) is 0 Å². The smallest absolute Gasteiger partial charge is 0.320 e. The summed E-state index contributed by atoms with van der Waals surface area (Å²) in [5.74, 6) is -0.862. The fourth-order valence-electron chi connectivity index (χ4n) is 2.02. The lowest BCUT2D eigenvalue weighted by Gasteiger charge is -2.29. The van der Waals surface area contributed by atoms with E-state index in [0.29, 0.717) is 0 Å². The summed E-state index contributed by atoms with van der Waals surface area (Å²) in [6.45, 7) is 8.39. The quantitative estimate of drug-likeness (QED) is 0.692. The summed E-state index contributed by atoms with van der Waals surface area (Å²) in [7, 11) is 0. The topological polar surface area (TPSA) is 63.3 Å². The maximum absolute atomic E-state index is 10.7. The molecule has 0 aliphatic heterocycles. The molecule has 2 unspecified atom stereocenters. The Balaban J connectivity index is 4.16. The molecule has 84 valence electrons. The zero-order valence-corrected chi connectivity index (χ0v) is 9.71. The molecule has 3 N–H and O–H groups in total. The van der Waals surface area contributed by atoms with E-state index in [1.165, 1.54) is 0 Å². The summed E-state index contributed by atoms with van der Waals surface area (Å²) >= 11 is 0. The van der Waals surface area contributed by atoms with E-state index >= 15 is 0 Å². The lowest BCUT2D eigenvalue weighted by molar-refractivity contribution is -0.139. The number of rotatable bonds is 6. The predicted octanol–water partition coefficient (Wildman–Crippen LogP) is 2.25. The molecule has 0 bridgehead atoms. The van der Waals surface area contributed by atoms with Gasteiger partial charge < -0.3 is 10.8 Å². The summed E-state index contributed by atoms with van der Waals surface area (Å²) in [5, 5.41) is 8.75. The Bertz CT molecular complexity index is 190. The molecule has 0 aliphatic rings. The first-order chi connectivity index (χ1) is 6.30. The standard InChI is InChI=1S/C11H23NO2/c1-5-6-11(3,4)7-8(2)9(12)10(13)14/h8-9H,5-7,12H2,1-4H3,(H,13,14). The molecule has 0 spiro atoms. The first-order valence-corrected chi connectivity index (χ1v) is 5.28. The molecular weight excluding hydrogens is 178 g/mol. The van der Waals surface area contributed by atoms with Crippen LogP contribution in [0, 0.1) is 11.3 Å². The van der Waals surface area contributed by atoms with Gasteiger partial charge in [-0.1, -0.05) is 34.1 Å². The minimum atomic E-state index is -0.898. The monoisotopic (exact) mass is 201 g/mol. The second kappa shape index (κ2) is 5.35. The van der Waals surface area contributed by atoms with Gasteiger partial charge in [0, 0.05) is 0 Å². The van der Waals surface area contributed by atoms with Crippen molar-refractivity contribution in [3.05, 3.63) is 0 Å². The number of carbonyl (C=O) groups is 1. The number of carboxylic acid groups (broad SMARTS) is 1. The highest BCUT2D eigenvalue weighted by atomic mass is 16.4. The van der Waals surface area contributed by atoms with Crippen molar-refractivity contribution in [2.45, 2.75) is 53.0 Å². The van der Waals surface area contributed by atoms with Crippen LogP contribution >= 0.6 is 0 Å². The second-order valence-corrected chi connectivity index (χ2v) is 4.96. The molecular formula is C11H23NO2. The summed E-state index contributed by atoms with van der Waals surface area (Å²) in [6.07, 6.45) is 3.11. The van der Waals surface area contributed by atoms with Crippen LogP contribution in [0.2, 0.25) is 0 Å². The number of hydrogen-bond donors (Lipinski definition) is 2. The van der Waals surface area contributed by atoms with E-state index in [1.54, 1.807) is 0 Å². The summed E-state index contributed by atoms with van der Waals surface area (Å²) in [6, 6.07) is -0.730. The van der Waals surface area contributed by atoms with Crippen molar-refractivity contribution in [3.8, 4) is 0 Å². The van der Waals surface area contributed by atoms with Crippen LogP contribution in [0.15, 0.2) is 0 Å². The molecule has 0 aliphatic carbocycles. The summed E-state index contributed by atoms with van der Waals surface area (Å²) < 4.78 is 0. The zero-order valence-electron chi connectivity index (χ0n) is 9.71. The molecule has 0 aromatic carbocycles. The van der Waals surface area contributed by atoms with Crippen LogP contribution in [0.4, 0.5) is 0 Å². The van der Waals surface area contributed by atoms with Crippen LogP contribution in [0.25, 0.3) is 0 Å². The molecule has 0 radical (unpaired) electrons. The van der Waals surface area contributed by atoms with Crippen molar-refractivity contribution in [3.63, 3.8) is 0 Å². The van der Waals surface area contributed by atoms with Crippen molar-refractivity contribution in [1.82, 2.24) is 0 Å². The van der Waals surface area contributed by atoms with Crippen LogP contribution in [-0.2, 0) is 4.79 Å². The number of carboxylic acids is 1. The second-order valence-electron chi connectivity index (χ2n) is 4.96. The maximum atomic E-state index is 10.7. The van der Waals surface area contributed by atoms with Gasteiger partial charge in [0.1, 0.15) is 6.04 Å². The Hall–Kier alpha value is -0.570. The van der Waals surface area contributed by atoms with Gasteiger partial charge >= 0.3 is 5.97 Å². The van der Waals surface area contributed by atoms with Crippen molar-refractivity contribution in [1.29, 1.82) is 0 Å². The number of nitrogens with two attached hydrogens (primary N) is 1. The molecule has 3 nitrogen and oxygen atoms in total. The number of aliphatic carboxylic acids is 1. The lowest BCUT2D eigenvalue weighted by atomic mass is 9.78. The third kappa shape index (κ3) is 4.61. The van der Waals surface area contributed by atoms with Gasteiger partial charge in [-0.05, 0) is 24.2 Å². The van der Waals surface area contributed by atoms with E-state index in [1.807, 2.05) is 6.92 Å². The lowest BCUT2D eigenvalue weighted by Crippen LogP contribution is -2.38. The van der Waals surface area contributed by atoms with E-state index < -0.39 is 12.0 Å². The van der Waals surface area contributed by atoms with Gasteiger partial charge in [-0.2, -0.15) is 0 Å². The predicted molar refractivity (Wildman–Crippen MR) is 58.1 cm³/mol. The van der Waals surface area contributed by atoms with E-state index in [0.717, 1.165) is 19.3 Å². The maximum Gasteiger partial charge on any atom is 0.320 e. The van der Waals surface area contributed by atoms with Crippen molar-refractivity contribution in [2.75, 3.05) is 0 Å². The van der Waals surface area contributed by atoms with Gasteiger partial charge in [-0.3, -0.25) is 4.79 Å². The van der Waals surface area contributed by atoms with Crippen molar-refractivity contribution < 1.29 is 9.90 Å². The molecule has 0 saturated carbocycles. The molecule has 3 heteroatoms. The molecule has 0 amide bonds. The van der Waals surface area contributed by atoms with Gasteiger partial charge in [0.15, 0.2) is 0 Å². The van der Waals surface area contributed by atoms with Crippen LogP contribution in [-0.4, -0.2) is 17.1 Å². The van der Waals surface area contributed by atoms with E-state index in [-0.39, 0.29) is 11.3 Å². The highest BCUT2D eigenvalue weighted by Crippen LogP contribution is 2.31. The Kier molecular flexibility index (Phi) is 5.13. The first-order valence-electron chi connectivity index (χ1n) is 5.28. The average Bonchev–Trinajstić information content (AvgIpc) is 2.01. The molecule has 0 aromatic heterocycles. The molecule has 0 fully saturated rings. The fourth-order valence-corrected chi connectivity index (χ4v) is 2.02. The van der Waals surface area contributed by atoms with Crippen LogP contribution in [0.3, 0.4) is 0 Å². The Morgan fingerprint density at radius 3 is 2.36 bits per heavy atom. The molecule has 0 rings (SSSR count). The van der Waals surface area contributed by atoms with Crippen LogP contribution in [0.5, 0.6) is 0 Å². The highest BCUT2D eigenvalue weighted by molar-refractivity contribution is 5.73. The van der Waals surface area contributed by atoms with E-state index in [2.05, 4.69) is 20.8 Å². The van der Waals surface area contributed by atoms with Crippen molar-refractivity contribution in [2.24, 2.45) is 17.1 Å². The van der Waals surface area contributed by atoms with E-state index in [4.69, 9.17) is 10.8 Å². The SMILES string of the molecule is CCCC(C)(C)CC(C)C(N)C(=O)O. The van der Waals surface area contributed by atoms with Crippen molar-refractivity contribution >= 4 is 5.97 Å². The summed E-state index contributed by atoms with van der Waals surface area (Å²) in [5.41, 5.74) is 5.76. The third-order valence-electron chi connectivity index (χ3n) is 2.70. The normalized spacial score (nSPS) is 16.4. The first kappa shape index (κ1) is 13.4. The molecule has 2 atom stereocenters. The zero-order chi connectivity index (χ0) is 11.4. The molecule has 0 aromatic rings. The third-order valence-corrected chi connectivity index (χ3v) is 2.70. The summed E-state index contributed by atoms with van der Waals surface area (Å²) in [4.78, 5) is 10.7. The number of hydrogen-bond acceptors (Lipinski definition) is 2. The van der Waals surface area contributed by atoms with Crippen LogP contribution in [0.1, 0.15) is 47.0 Å². The van der Waals surface area contributed by atoms with Gasteiger partial charge in [0.25, 0.3) is 0 Å². The molecule has 0 heterocycles. The van der Waals surface area contributed by atoms with E-state index in [9.17, 15) is 4.79 Å². The Labute approximate surface area is 86.7 Å².